The summed E-state index contributed by atoms with van der Waals surface area (Å²) in [6, 6.07) is 4.20. The van der Waals surface area contributed by atoms with Gasteiger partial charge in [0.2, 0.25) is 0 Å². The fraction of sp³-hybridized carbons (Fsp3) is 0.538. The van der Waals surface area contributed by atoms with E-state index in [4.69, 9.17) is 0 Å². The zero-order valence-corrected chi connectivity index (χ0v) is 9.59. The Kier molecular flexibility index (Phi) is 3.15. The first-order valence-corrected chi connectivity index (χ1v) is 5.87. The van der Waals surface area contributed by atoms with E-state index in [1.54, 1.807) is 6.07 Å². The molecule has 1 saturated carbocycles. The van der Waals surface area contributed by atoms with Crippen LogP contribution in [0.4, 0.5) is 4.39 Å². The Balaban J connectivity index is 1.98. The minimum Gasteiger partial charge on any atom is -0.508 e. The maximum Gasteiger partial charge on any atom is 0.127 e. The molecule has 0 spiro atoms. The van der Waals surface area contributed by atoms with Gasteiger partial charge in [-0.05, 0) is 43.4 Å². The number of rotatable bonds is 4. The van der Waals surface area contributed by atoms with E-state index >= 15 is 0 Å². The molecule has 1 aromatic carbocycles. The molecule has 1 fully saturated rings. The van der Waals surface area contributed by atoms with Gasteiger partial charge in [0.25, 0.3) is 0 Å². The van der Waals surface area contributed by atoms with E-state index in [1.165, 1.54) is 25.3 Å². The lowest BCUT2D eigenvalue weighted by Gasteiger charge is -2.42. The van der Waals surface area contributed by atoms with E-state index in [2.05, 4.69) is 12.2 Å². The normalized spacial score (nSPS) is 18.1. The molecule has 1 aliphatic carbocycles. The fourth-order valence-electron chi connectivity index (χ4n) is 2.28. The van der Waals surface area contributed by atoms with Crippen molar-refractivity contribution >= 4 is 0 Å². The molecule has 2 N–H and O–H groups in total. The van der Waals surface area contributed by atoms with Gasteiger partial charge in [-0.15, -0.1) is 0 Å². The molecule has 1 aromatic rings. The van der Waals surface area contributed by atoms with E-state index in [1.807, 2.05) is 0 Å². The lowest BCUT2D eigenvalue weighted by molar-refractivity contribution is 0.175. The highest BCUT2D eigenvalue weighted by Gasteiger charge is 2.34. The van der Waals surface area contributed by atoms with Crippen LogP contribution in [-0.4, -0.2) is 10.6 Å². The molecular formula is C13H18FNO. The van der Waals surface area contributed by atoms with E-state index in [0.29, 0.717) is 6.54 Å². The molecule has 1 aliphatic rings. The molecule has 0 heterocycles. The third-order valence-electron chi connectivity index (χ3n) is 3.60. The predicted octanol–water partition coefficient (Wildman–Crippen LogP) is 2.95. The van der Waals surface area contributed by atoms with E-state index in [-0.39, 0.29) is 17.1 Å². The summed E-state index contributed by atoms with van der Waals surface area (Å²) < 4.78 is 13.0. The van der Waals surface area contributed by atoms with Gasteiger partial charge in [-0.1, -0.05) is 6.92 Å². The maximum atomic E-state index is 13.0. The number of benzene rings is 1. The Morgan fingerprint density at radius 3 is 2.62 bits per heavy atom. The second-order valence-electron chi connectivity index (χ2n) is 4.66. The van der Waals surface area contributed by atoms with Crippen molar-refractivity contribution in [3.63, 3.8) is 0 Å². The first-order chi connectivity index (χ1) is 7.63. The summed E-state index contributed by atoms with van der Waals surface area (Å²) in [6.45, 7) is 2.80. The highest BCUT2D eigenvalue weighted by Crippen LogP contribution is 2.34. The second kappa shape index (κ2) is 4.42. The molecule has 0 saturated heterocycles. The van der Waals surface area contributed by atoms with Gasteiger partial charge >= 0.3 is 0 Å². The van der Waals surface area contributed by atoms with E-state index in [9.17, 15) is 9.50 Å². The molecule has 0 unspecified atom stereocenters. The summed E-state index contributed by atoms with van der Waals surface area (Å²) in [5.74, 6) is -0.382. The van der Waals surface area contributed by atoms with E-state index in [0.717, 1.165) is 18.1 Å². The summed E-state index contributed by atoms with van der Waals surface area (Å²) in [7, 11) is 0. The third kappa shape index (κ3) is 2.35. The minimum absolute atomic E-state index is 0.00374. The average Bonchev–Trinajstić information content (AvgIpc) is 2.15. The average molecular weight is 223 g/mol. The Labute approximate surface area is 95.5 Å². The van der Waals surface area contributed by atoms with Crippen LogP contribution in [0.15, 0.2) is 18.2 Å². The van der Waals surface area contributed by atoms with Crippen molar-refractivity contribution in [3.8, 4) is 5.75 Å². The molecule has 0 amide bonds. The SMILES string of the molecule is CCC1(NCc2cc(O)cc(F)c2)CCC1. The van der Waals surface area contributed by atoms with Crippen molar-refractivity contribution in [1.82, 2.24) is 5.32 Å². The minimum atomic E-state index is -0.379. The fourth-order valence-corrected chi connectivity index (χ4v) is 2.28. The van der Waals surface area contributed by atoms with Crippen LogP contribution in [0.5, 0.6) is 5.75 Å². The van der Waals surface area contributed by atoms with Crippen molar-refractivity contribution in [3.05, 3.63) is 29.6 Å². The zero-order valence-electron chi connectivity index (χ0n) is 9.59. The number of hydrogen-bond acceptors (Lipinski definition) is 2. The van der Waals surface area contributed by atoms with E-state index < -0.39 is 0 Å². The number of hydrogen-bond donors (Lipinski definition) is 2. The molecule has 3 heteroatoms. The monoisotopic (exact) mass is 223 g/mol. The summed E-state index contributed by atoms with van der Waals surface area (Å²) in [6.07, 6.45) is 4.78. The topological polar surface area (TPSA) is 32.3 Å². The summed E-state index contributed by atoms with van der Waals surface area (Å²) >= 11 is 0. The number of phenols is 1. The molecule has 0 bridgehead atoms. The molecule has 88 valence electrons. The largest absolute Gasteiger partial charge is 0.508 e. The van der Waals surface area contributed by atoms with Gasteiger partial charge in [0.05, 0.1) is 0 Å². The smallest absolute Gasteiger partial charge is 0.127 e. The van der Waals surface area contributed by atoms with Gasteiger partial charge in [0.1, 0.15) is 11.6 Å². The number of phenolic OH excluding ortho intramolecular Hbond substituents is 1. The van der Waals surface area contributed by atoms with Crippen LogP contribution in [0.3, 0.4) is 0 Å². The second-order valence-corrected chi connectivity index (χ2v) is 4.66. The van der Waals surface area contributed by atoms with Gasteiger partial charge in [-0.3, -0.25) is 0 Å². The summed E-state index contributed by atoms with van der Waals surface area (Å²) in [5.41, 5.74) is 1.05. The van der Waals surface area contributed by atoms with Gasteiger partial charge in [-0.2, -0.15) is 0 Å². The Bertz CT molecular complexity index is 348. The Morgan fingerprint density at radius 2 is 2.12 bits per heavy atom. The third-order valence-corrected chi connectivity index (χ3v) is 3.60. The molecular weight excluding hydrogens is 205 g/mol. The van der Waals surface area contributed by atoms with Crippen molar-refractivity contribution in [2.75, 3.05) is 0 Å². The Morgan fingerprint density at radius 1 is 1.38 bits per heavy atom. The highest BCUT2D eigenvalue weighted by atomic mass is 19.1. The predicted molar refractivity (Wildman–Crippen MR) is 61.8 cm³/mol. The molecule has 0 aromatic heterocycles. The van der Waals surface area contributed by atoms with Gasteiger partial charge in [0, 0.05) is 18.2 Å². The number of halogens is 1. The van der Waals surface area contributed by atoms with Gasteiger partial charge in [-0.25, -0.2) is 4.39 Å². The molecule has 16 heavy (non-hydrogen) atoms. The Hall–Kier alpha value is -1.09. The molecule has 0 radical (unpaired) electrons. The molecule has 0 atom stereocenters. The van der Waals surface area contributed by atoms with Crippen LogP contribution >= 0.6 is 0 Å². The zero-order chi connectivity index (χ0) is 11.6. The van der Waals surface area contributed by atoms with Crippen LogP contribution in [0.25, 0.3) is 0 Å². The van der Waals surface area contributed by atoms with Crippen molar-refractivity contribution < 1.29 is 9.50 Å². The lowest BCUT2D eigenvalue weighted by Crippen LogP contribution is -2.49. The highest BCUT2D eigenvalue weighted by molar-refractivity contribution is 5.28. The van der Waals surface area contributed by atoms with Crippen LogP contribution in [0.1, 0.15) is 38.2 Å². The number of nitrogens with one attached hydrogen (secondary N) is 1. The first kappa shape index (κ1) is 11.4. The van der Waals surface area contributed by atoms with Crippen LogP contribution in [0.2, 0.25) is 0 Å². The van der Waals surface area contributed by atoms with Crippen LogP contribution < -0.4 is 5.32 Å². The van der Waals surface area contributed by atoms with Crippen LogP contribution in [-0.2, 0) is 6.54 Å². The van der Waals surface area contributed by atoms with Crippen LogP contribution in [0, 0.1) is 5.82 Å². The lowest BCUT2D eigenvalue weighted by atomic mass is 9.75. The summed E-state index contributed by atoms with van der Waals surface area (Å²) in [5, 5.41) is 12.8. The van der Waals surface area contributed by atoms with Crippen molar-refractivity contribution in [2.24, 2.45) is 0 Å². The molecule has 2 nitrogen and oxygen atoms in total. The first-order valence-electron chi connectivity index (χ1n) is 5.87. The van der Waals surface area contributed by atoms with Gasteiger partial charge < -0.3 is 10.4 Å². The molecule has 2 rings (SSSR count). The standard InChI is InChI=1S/C13H18FNO/c1-2-13(4-3-5-13)15-9-10-6-11(14)8-12(16)7-10/h6-8,15-16H,2-5,9H2,1H3. The van der Waals surface area contributed by atoms with Crippen molar-refractivity contribution in [1.29, 1.82) is 0 Å². The maximum absolute atomic E-state index is 13.0. The quantitative estimate of drug-likeness (QED) is 0.822. The summed E-state index contributed by atoms with van der Waals surface area (Å²) in [4.78, 5) is 0. The number of aromatic hydroxyl groups is 1. The van der Waals surface area contributed by atoms with Crippen molar-refractivity contribution in [2.45, 2.75) is 44.7 Å². The molecule has 0 aliphatic heterocycles. The van der Waals surface area contributed by atoms with Gasteiger partial charge in [0.15, 0.2) is 0 Å².